The maximum Gasteiger partial charge on any atom is 0.227 e. The summed E-state index contributed by atoms with van der Waals surface area (Å²) in [5, 5.41) is 1.87. The lowest BCUT2D eigenvalue weighted by molar-refractivity contribution is -0.132. The van der Waals surface area contributed by atoms with E-state index in [9.17, 15) is 9.18 Å². The first-order valence-electron chi connectivity index (χ1n) is 10.2. The lowest BCUT2D eigenvalue weighted by atomic mass is 10.1. The summed E-state index contributed by atoms with van der Waals surface area (Å²) in [7, 11) is 0. The van der Waals surface area contributed by atoms with Crippen LogP contribution in [-0.4, -0.2) is 53.4 Å². The minimum absolute atomic E-state index is 0.140. The smallest absolute Gasteiger partial charge is 0.227 e. The van der Waals surface area contributed by atoms with Crippen LogP contribution in [0.25, 0.3) is 10.9 Å². The molecule has 2 aromatic carbocycles. The Balaban J connectivity index is 1.56. The zero-order valence-corrected chi connectivity index (χ0v) is 17.5. The molecule has 0 saturated carbocycles. The number of hydrogen-bond donors (Lipinski definition) is 1. The minimum Gasteiger partial charge on any atom is -0.349 e. The molecule has 1 saturated heterocycles. The fourth-order valence-corrected chi connectivity index (χ4v) is 4.87. The molecule has 4 nitrogen and oxygen atoms in total. The highest BCUT2D eigenvalue weighted by Gasteiger charge is 2.23. The zero-order chi connectivity index (χ0) is 20.2. The molecule has 0 atom stereocenters. The predicted octanol–water partition coefficient (Wildman–Crippen LogP) is 4.55. The molecule has 29 heavy (non-hydrogen) atoms. The number of nitrogens with one attached hydrogen (secondary N) is 1. The molecule has 6 heteroatoms. The summed E-state index contributed by atoms with van der Waals surface area (Å²) < 4.78 is 14.2. The van der Waals surface area contributed by atoms with Gasteiger partial charge in [-0.3, -0.25) is 9.69 Å². The van der Waals surface area contributed by atoms with E-state index in [-0.39, 0.29) is 11.7 Å². The van der Waals surface area contributed by atoms with E-state index < -0.39 is 0 Å². The predicted molar refractivity (Wildman–Crippen MR) is 116 cm³/mol. The van der Waals surface area contributed by atoms with Gasteiger partial charge in [-0.25, -0.2) is 4.39 Å². The van der Waals surface area contributed by atoms with Gasteiger partial charge in [0.05, 0.1) is 11.4 Å². The molecule has 4 rings (SSSR count). The van der Waals surface area contributed by atoms with E-state index in [1.54, 1.807) is 12.1 Å². The van der Waals surface area contributed by atoms with Crippen molar-refractivity contribution in [2.24, 2.45) is 0 Å². The van der Waals surface area contributed by atoms with Crippen LogP contribution in [0.5, 0.6) is 0 Å². The summed E-state index contributed by atoms with van der Waals surface area (Å²) in [6, 6.07) is 14.7. The molecular formula is C23H26FN3OS. The minimum atomic E-state index is -0.250. The SMILES string of the molecule is CCCN1CCN(C(=O)Cc2c(Sc3ccccc3F)[nH]c3ccccc23)CC1. The Labute approximate surface area is 175 Å². The summed E-state index contributed by atoms with van der Waals surface area (Å²) >= 11 is 1.35. The van der Waals surface area contributed by atoms with Gasteiger partial charge in [-0.05, 0) is 31.2 Å². The number of halogens is 1. The van der Waals surface area contributed by atoms with Crippen LogP contribution < -0.4 is 0 Å². The van der Waals surface area contributed by atoms with E-state index in [0.717, 1.165) is 60.6 Å². The van der Waals surface area contributed by atoms with Gasteiger partial charge in [0.15, 0.2) is 0 Å². The van der Waals surface area contributed by atoms with Crippen molar-refractivity contribution >= 4 is 28.6 Å². The third kappa shape index (κ3) is 4.49. The third-order valence-electron chi connectivity index (χ3n) is 5.42. The van der Waals surface area contributed by atoms with Gasteiger partial charge in [0.1, 0.15) is 5.82 Å². The summed E-state index contributed by atoms with van der Waals surface area (Å²) in [5.41, 5.74) is 1.93. The molecular weight excluding hydrogens is 385 g/mol. The number of benzene rings is 2. The summed E-state index contributed by atoms with van der Waals surface area (Å²) in [6.45, 7) is 6.69. The third-order valence-corrected chi connectivity index (χ3v) is 6.52. The standard InChI is InChI=1S/C23H26FN3OS/c1-2-11-26-12-14-27(15-13-26)22(28)16-18-17-7-3-5-9-20(17)25-23(18)29-21-10-6-4-8-19(21)24/h3-10,25H,2,11-16H2,1H3. The van der Waals surface area contributed by atoms with E-state index in [1.807, 2.05) is 35.2 Å². The number of piperazine rings is 1. The normalized spacial score (nSPS) is 15.2. The van der Waals surface area contributed by atoms with Crippen molar-refractivity contribution < 1.29 is 9.18 Å². The van der Waals surface area contributed by atoms with E-state index in [0.29, 0.717) is 11.3 Å². The van der Waals surface area contributed by atoms with Crippen molar-refractivity contribution in [1.29, 1.82) is 0 Å². The van der Waals surface area contributed by atoms with E-state index in [1.165, 1.54) is 17.8 Å². The van der Waals surface area contributed by atoms with E-state index >= 15 is 0 Å². The number of carbonyl (C=O) groups is 1. The van der Waals surface area contributed by atoms with Crippen LogP contribution in [0.3, 0.4) is 0 Å². The number of aromatic amines is 1. The largest absolute Gasteiger partial charge is 0.349 e. The van der Waals surface area contributed by atoms with Gasteiger partial charge in [-0.2, -0.15) is 0 Å². The molecule has 0 aliphatic carbocycles. The molecule has 0 bridgehead atoms. The summed E-state index contributed by atoms with van der Waals surface area (Å²) in [4.78, 5) is 21.4. The number of rotatable bonds is 6. The Kier molecular flexibility index (Phi) is 6.21. The van der Waals surface area contributed by atoms with Crippen LogP contribution in [-0.2, 0) is 11.2 Å². The Bertz CT molecular complexity index is 995. The number of carbonyl (C=O) groups excluding carboxylic acids is 1. The molecule has 0 unspecified atom stereocenters. The molecule has 152 valence electrons. The van der Waals surface area contributed by atoms with Crippen molar-refractivity contribution in [1.82, 2.24) is 14.8 Å². The number of H-pyrrole nitrogens is 1. The molecule has 1 aliphatic heterocycles. The average molecular weight is 412 g/mol. The molecule has 1 aliphatic rings. The zero-order valence-electron chi connectivity index (χ0n) is 16.7. The number of amides is 1. The molecule has 1 N–H and O–H groups in total. The Hall–Kier alpha value is -2.31. The Morgan fingerprint density at radius 1 is 1.07 bits per heavy atom. The fraction of sp³-hybridized carbons (Fsp3) is 0.348. The second kappa shape index (κ2) is 9.01. The molecule has 2 heterocycles. The van der Waals surface area contributed by atoms with Gasteiger partial charge in [-0.1, -0.05) is 49.0 Å². The molecule has 0 radical (unpaired) electrons. The van der Waals surface area contributed by atoms with Crippen molar-refractivity contribution in [3.05, 3.63) is 59.9 Å². The first-order valence-corrected chi connectivity index (χ1v) is 11.0. The molecule has 0 spiro atoms. The first-order chi connectivity index (χ1) is 14.2. The summed E-state index contributed by atoms with van der Waals surface area (Å²) in [6.07, 6.45) is 1.47. The van der Waals surface area contributed by atoms with Crippen molar-refractivity contribution in [2.75, 3.05) is 32.7 Å². The topological polar surface area (TPSA) is 39.3 Å². The maximum atomic E-state index is 14.2. The van der Waals surface area contributed by atoms with Gasteiger partial charge >= 0.3 is 0 Å². The summed E-state index contributed by atoms with van der Waals surface area (Å²) in [5.74, 6) is -0.109. The van der Waals surface area contributed by atoms with Gasteiger partial charge in [0.25, 0.3) is 0 Å². The lowest BCUT2D eigenvalue weighted by Crippen LogP contribution is -2.49. The second-order valence-electron chi connectivity index (χ2n) is 7.41. The molecule has 3 aromatic rings. The monoisotopic (exact) mass is 411 g/mol. The lowest BCUT2D eigenvalue weighted by Gasteiger charge is -2.34. The number of fused-ring (bicyclic) bond motifs is 1. The Morgan fingerprint density at radius 3 is 2.55 bits per heavy atom. The van der Waals surface area contributed by atoms with Gasteiger partial charge in [0, 0.05) is 47.5 Å². The highest BCUT2D eigenvalue weighted by Crippen LogP contribution is 2.36. The average Bonchev–Trinajstić information content (AvgIpc) is 3.07. The second-order valence-corrected chi connectivity index (χ2v) is 8.46. The van der Waals surface area contributed by atoms with Crippen LogP contribution >= 0.6 is 11.8 Å². The van der Waals surface area contributed by atoms with Crippen LogP contribution in [0.2, 0.25) is 0 Å². The van der Waals surface area contributed by atoms with E-state index in [2.05, 4.69) is 16.8 Å². The molecule has 1 fully saturated rings. The number of aromatic nitrogens is 1. The van der Waals surface area contributed by atoms with Crippen LogP contribution in [0.15, 0.2) is 58.5 Å². The van der Waals surface area contributed by atoms with Crippen molar-refractivity contribution in [2.45, 2.75) is 29.7 Å². The Morgan fingerprint density at radius 2 is 1.79 bits per heavy atom. The van der Waals surface area contributed by atoms with Crippen LogP contribution in [0.4, 0.5) is 4.39 Å². The van der Waals surface area contributed by atoms with Crippen molar-refractivity contribution in [3.8, 4) is 0 Å². The van der Waals surface area contributed by atoms with Gasteiger partial charge in [-0.15, -0.1) is 0 Å². The van der Waals surface area contributed by atoms with Crippen molar-refractivity contribution in [3.63, 3.8) is 0 Å². The van der Waals surface area contributed by atoms with Crippen LogP contribution in [0, 0.1) is 5.82 Å². The van der Waals surface area contributed by atoms with Gasteiger partial charge in [0.2, 0.25) is 5.91 Å². The molecule has 1 amide bonds. The number of para-hydroxylation sites is 1. The quantitative estimate of drug-likeness (QED) is 0.647. The number of hydrogen-bond acceptors (Lipinski definition) is 3. The highest BCUT2D eigenvalue weighted by atomic mass is 32.2. The maximum absolute atomic E-state index is 14.2. The first kappa shape index (κ1) is 20.0. The fourth-order valence-electron chi connectivity index (χ4n) is 3.88. The van der Waals surface area contributed by atoms with Crippen LogP contribution in [0.1, 0.15) is 18.9 Å². The molecule has 1 aromatic heterocycles. The highest BCUT2D eigenvalue weighted by molar-refractivity contribution is 7.99. The van der Waals surface area contributed by atoms with E-state index in [4.69, 9.17) is 0 Å². The number of nitrogens with zero attached hydrogens (tertiary/aromatic N) is 2. The van der Waals surface area contributed by atoms with Gasteiger partial charge < -0.3 is 9.88 Å².